The largest absolute Gasteiger partial charge is 0.424 e. The van der Waals surface area contributed by atoms with E-state index in [2.05, 4.69) is 15.3 Å². The van der Waals surface area contributed by atoms with Gasteiger partial charge in [0.2, 0.25) is 11.8 Å². The minimum Gasteiger partial charge on any atom is -0.424 e. The third-order valence-electron chi connectivity index (χ3n) is 1.74. The molecule has 0 bridgehead atoms. The maximum absolute atomic E-state index is 11.4. The summed E-state index contributed by atoms with van der Waals surface area (Å²) in [5, 5.41) is 11.3. The first-order valence-corrected chi connectivity index (χ1v) is 4.04. The average Bonchev–Trinajstić information content (AvgIpc) is 2.67. The van der Waals surface area contributed by atoms with Gasteiger partial charge in [-0.15, -0.1) is 10.2 Å². The zero-order chi connectivity index (χ0) is 10.1. The molecule has 0 saturated heterocycles. The van der Waals surface area contributed by atoms with Gasteiger partial charge in [-0.1, -0.05) is 0 Å². The molecule has 0 amide bonds. The number of aryl methyl sites for hydroxylation is 2. The number of hydrogen-bond donors (Lipinski definition) is 0. The third kappa shape index (κ3) is 1.43. The van der Waals surface area contributed by atoms with Crippen molar-refractivity contribution in [1.29, 1.82) is 0 Å². The van der Waals surface area contributed by atoms with Crippen LogP contribution in [0, 0.1) is 6.92 Å². The van der Waals surface area contributed by atoms with Crippen LogP contribution in [0.15, 0.2) is 15.5 Å². The van der Waals surface area contributed by atoms with E-state index < -0.39 is 0 Å². The van der Waals surface area contributed by atoms with Crippen LogP contribution < -0.4 is 5.69 Å². The van der Waals surface area contributed by atoms with Crippen molar-refractivity contribution in [3.05, 3.63) is 28.6 Å². The summed E-state index contributed by atoms with van der Waals surface area (Å²) in [7, 11) is 1.63. The summed E-state index contributed by atoms with van der Waals surface area (Å²) in [5.74, 6) is 0.854. The van der Waals surface area contributed by atoms with Gasteiger partial charge in [-0.2, -0.15) is 5.10 Å². The van der Waals surface area contributed by atoms with Gasteiger partial charge in [-0.25, -0.2) is 9.48 Å². The molecule has 7 nitrogen and oxygen atoms in total. The molecule has 2 rings (SSSR count). The Balaban J connectivity index is 2.27. The highest BCUT2D eigenvalue weighted by Crippen LogP contribution is 1.97. The Bertz CT molecular complexity index is 494. The SMILES string of the molecule is Cc1nnc(Cn2ncn(C)c2=O)o1. The Morgan fingerprint density at radius 2 is 2.29 bits per heavy atom. The molecule has 0 N–H and O–H groups in total. The molecule has 0 spiro atoms. The highest BCUT2D eigenvalue weighted by atomic mass is 16.4. The summed E-state index contributed by atoms with van der Waals surface area (Å²) in [6, 6.07) is 0. The molecule has 0 saturated carbocycles. The minimum atomic E-state index is -0.208. The van der Waals surface area contributed by atoms with Crippen molar-refractivity contribution in [3.63, 3.8) is 0 Å². The molecular formula is C7H9N5O2. The van der Waals surface area contributed by atoms with Crippen molar-refractivity contribution in [2.45, 2.75) is 13.5 Å². The molecule has 0 unspecified atom stereocenters. The maximum atomic E-state index is 11.4. The van der Waals surface area contributed by atoms with Crippen molar-refractivity contribution in [1.82, 2.24) is 24.5 Å². The molecule has 2 heterocycles. The average molecular weight is 195 g/mol. The Kier molecular flexibility index (Phi) is 1.91. The smallest absolute Gasteiger partial charge is 0.345 e. The predicted octanol–water partition coefficient (Wildman–Crippen LogP) is -0.678. The van der Waals surface area contributed by atoms with E-state index in [1.54, 1.807) is 14.0 Å². The lowest BCUT2D eigenvalue weighted by atomic mass is 10.6. The maximum Gasteiger partial charge on any atom is 0.345 e. The summed E-state index contributed by atoms with van der Waals surface area (Å²) in [6.45, 7) is 1.90. The lowest BCUT2D eigenvalue weighted by Crippen LogP contribution is -2.23. The number of rotatable bonds is 2. The molecular weight excluding hydrogens is 186 g/mol. The Morgan fingerprint density at radius 1 is 1.50 bits per heavy atom. The highest BCUT2D eigenvalue weighted by molar-refractivity contribution is 4.80. The standard InChI is InChI=1S/C7H9N5O2/c1-5-9-10-6(14-5)3-12-7(13)11(2)4-8-12/h4H,3H2,1-2H3. The van der Waals surface area contributed by atoms with Crippen LogP contribution in [-0.4, -0.2) is 24.5 Å². The number of hydrogen-bond acceptors (Lipinski definition) is 5. The molecule has 7 heteroatoms. The lowest BCUT2D eigenvalue weighted by molar-refractivity contribution is 0.439. The highest BCUT2D eigenvalue weighted by Gasteiger charge is 2.07. The van der Waals surface area contributed by atoms with Crippen molar-refractivity contribution in [3.8, 4) is 0 Å². The van der Waals surface area contributed by atoms with E-state index in [-0.39, 0.29) is 12.2 Å². The van der Waals surface area contributed by atoms with Crippen molar-refractivity contribution in [2.75, 3.05) is 0 Å². The third-order valence-corrected chi connectivity index (χ3v) is 1.74. The fourth-order valence-electron chi connectivity index (χ4n) is 1.06. The van der Waals surface area contributed by atoms with Gasteiger partial charge in [0.25, 0.3) is 0 Å². The molecule has 0 atom stereocenters. The second-order valence-electron chi connectivity index (χ2n) is 2.90. The second-order valence-corrected chi connectivity index (χ2v) is 2.90. The fraction of sp³-hybridized carbons (Fsp3) is 0.429. The summed E-state index contributed by atoms with van der Waals surface area (Å²) < 4.78 is 7.76. The van der Waals surface area contributed by atoms with Gasteiger partial charge >= 0.3 is 5.69 Å². The molecule has 0 aromatic carbocycles. The van der Waals surface area contributed by atoms with Gasteiger partial charge in [0.15, 0.2) is 0 Å². The van der Waals surface area contributed by atoms with E-state index in [4.69, 9.17) is 4.42 Å². The second kappa shape index (κ2) is 3.09. The molecule has 0 aliphatic carbocycles. The Morgan fingerprint density at radius 3 is 2.79 bits per heavy atom. The molecule has 2 aromatic rings. The molecule has 14 heavy (non-hydrogen) atoms. The summed E-state index contributed by atoms with van der Waals surface area (Å²) in [6.07, 6.45) is 1.44. The van der Waals surface area contributed by atoms with E-state index in [9.17, 15) is 4.79 Å². The quantitative estimate of drug-likeness (QED) is 0.634. The molecule has 0 aliphatic rings. The zero-order valence-corrected chi connectivity index (χ0v) is 7.84. The van der Waals surface area contributed by atoms with Gasteiger partial charge < -0.3 is 4.42 Å². The van der Waals surface area contributed by atoms with Crippen molar-refractivity contribution in [2.24, 2.45) is 7.05 Å². The number of aromatic nitrogens is 5. The lowest BCUT2D eigenvalue weighted by Gasteiger charge is -1.92. The van der Waals surface area contributed by atoms with E-state index in [1.165, 1.54) is 15.6 Å². The fourth-order valence-corrected chi connectivity index (χ4v) is 1.06. The van der Waals surface area contributed by atoms with Crippen LogP contribution in [0.5, 0.6) is 0 Å². The Labute approximate surface area is 79.0 Å². The molecule has 2 aromatic heterocycles. The van der Waals surface area contributed by atoms with Crippen LogP contribution in [0.3, 0.4) is 0 Å². The first-order chi connectivity index (χ1) is 6.66. The van der Waals surface area contributed by atoms with Crippen molar-refractivity contribution < 1.29 is 4.42 Å². The first kappa shape index (κ1) is 8.67. The zero-order valence-electron chi connectivity index (χ0n) is 7.84. The van der Waals surface area contributed by atoms with Gasteiger partial charge in [0.05, 0.1) is 0 Å². The molecule has 74 valence electrons. The number of nitrogens with zero attached hydrogens (tertiary/aromatic N) is 5. The van der Waals surface area contributed by atoms with Crippen LogP contribution in [0.4, 0.5) is 0 Å². The van der Waals surface area contributed by atoms with Crippen LogP contribution >= 0.6 is 0 Å². The molecule has 0 aliphatic heterocycles. The monoisotopic (exact) mass is 195 g/mol. The molecule has 0 fully saturated rings. The van der Waals surface area contributed by atoms with Gasteiger partial charge in [-0.05, 0) is 0 Å². The van der Waals surface area contributed by atoms with Crippen LogP contribution in [0.25, 0.3) is 0 Å². The van der Waals surface area contributed by atoms with Crippen LogP contribution in [0.1, 0.15) is 11.8 Å². The van der Waals surface area contributed by atoms with E-state index >= 15 is 0 Å². The minimum absolute atomic E-state index is 0.208. The van der Waals surface area contributed by atoms with Crippen LogP contribution in [0.2, 0.25) is 0 Å². The Hall–Kier alpha value is -1.92. The summed E-state index contributed by atoms with van der Waals surface area (Å²) in [5.41, 5.74) is -0.208. The van der Waals surface area contributed by atoms with Gasteiger partial charge in [-0.3, -0.25) is 4.57 Å². The van der Waals surface area contributed by atoms with Gasteiger partial charge in [0, 0.05) is 14.0 Å². The first-order valence-electron chi connectivity index (χ1n) is 4.04. The van der Waals surface area contributed by atoms with E-state index in [1.807, 2.05) is 0 Å². The van der Waals surface area contributed by atoms with E-state index in [0.717, 1.165) is 0 Å². The topological polar surface area (TPSA) is 78.7 Å². The summed E-state index contributed by atoms with van der Waals surface area (Å²) >= 11 is 0. The predicted molar refractivity (Wildman–Crippen MR) is 45.6 cm³/mol. The summed E-state index contributed by atoms with van der Waals surface area (Å²) in [4.78, 5) is 11.4. The van der Waals surface area contributed by atoms with E-state index in [0.29, 0.717) is 11.8 Å². The van der Waals surface area contributed by atoms with Crippen molar-refractivity contribution >= 4 is 0 Å². The molecule has 0 radical (unpaired) electrons. The van der Waals surface area contributed by atoms with Crippen LogP contribution in [-0.2, 0) is 13.6 Å². The van der Waals surface area contributed by atoms with Gasteiger partial charge in [0.1, 0.15) is 12.9 Å². The normalized spacial score (nSPS) is 10.7.